The molecular weight excluding hydrogens is 316 g/mol. The van der Waals surface area contributed by atoms with Crippen LogP contribution in [0, 0.1) is 0 Å². The number of carbonyl (C=O) groups is 1. The zero-order chi connectivity index (χ0) is 18.0. The van der Waals surface area contributed by atoms with Gasteiger partial charge in [-0.3, -0.25) is 4.79 Å². The summed E-state index contributed by atoms with van der Waals surface area (Å²) in [6, 6.07) is 8.25. The van der Waals surface area contributed by atoms with E-state index in [9.17, 15) is 4.79 Å². The third kappa shape index (κ3) is 3.65. The summed E-state index contributed by atoms with van der Waals surface area (Å²) in [6.45, 7) is 11.9. The summed E-state index contributed by atoms with van der Waals surface area (Å²) in [4.78, 5) is 12.3. The summed E-state index contributed by atoms with van der Waals surface area (Å²) >= 11 is 0. The Morgan fingerprint density at radius 1 is 1.12 bits per heavy atom. The van der Waals surface area contributed by atoms with Crippen LogP contribution in [0.5, 0.6) is 0 Å². The first-order chi connectivity index (χ1) is 11.1. The number of allylic oxidation sites excluding steroid dienone is 2. The zero-order valence-corrected chi connectivity index (χ0v) is 16.8. The molecule has 4 heteroatoms. The molecule has 3 nitrogen and oxygen atoms in total. The second-order valence-electron chi connectivity index (χ2n) is 8.20. The van der Waals surface area contributed by atoms with Crippen molar-refractivity contribution in [1.29, 1.82) is 0 Å². The van der Waals surface area contributed by atoms with Crippen LogP contribution in [-0.2, 0) is 26.0 Å². The molecule has 0 saturated heterocycles. The van der Waals surface area contributed by atoms with Gasteiger partial charge in [-0.2, -0.15) is 0 Å². The van der Waals surface area contributed by atoms with Crippen LogP contribution in [-0.4, -0.2) is 21.4 Å². The van der Waals surface area contributed by atoms with E-state index in [-0.39, 0.29) is 11.0 Å². The molecule has 0 atom stereocenters. The lowest BCUT2D eigenvalue weighted by atomic mass is 9.78. The van der Waals surface area contributed by atoms with Gasteiger partial charge in [-0.05, 0) is 42.1 Å². The second kappa shape index (κ2) is 6.85. The first kappa shape index (κ1) is 18.9. The normalized spacial score (nSPS) is 17.1. The Hall–Kier alpha value is -1.39. The summed E-state index contributed by atoms with van der Waals surface area (Å²) in [5.41, 5.74) is 1.62. The molecule has 1 aromatic rings. The zero-order valence-electron chi connectivity index (χ0n) is 15.8. The average molecular weight is 347 g/mol. The standard InChI is InChI=1S/C20H30O3Si/c1-19(2,3)24(5,6)23-15-16-9-11-17(12-10-16)20(18(21)22-4)13-7-8-14-20/h7-12H,13-15H2,1-6H3. The molecule has 0 aromatic heterocycles. The van der Waals surface area contributed by atoms with Crippen molar-refractivity contribution in [3.63, 3.8) is 0 Å². The van der Waals surface area contributed by atoms with E-state index in [1.165, 1.54) is 7.11 Å². The van der Waals surface area contributed by atoms with Gasteiger partial charge in [0.05, 0.1) is 19.1 Å². The first-order valence-electron chi connectivity index (χ1n) is 8.59. The van der Waals surface area contributed by atoms with Gasteiger partial charge in [-0.25, -0.2) is 0 Å². The minimum atomic E-state index is -1.75. The van der Waals surface area contributed by atoms with E-state index in [0.29, 0.717) is 19.4 Å². The summed E-state index contributed by atoms with van der Waals surface area (Å²) in [5.74, 6) is -0.155. The number of hydrogen-bond donors (Lipinski definition) is 0. The van der Waals surface area contributed by atoms with Crippen LogP contribution in [0.15, 0.2) is 36.4 Å². The Morgan fingerprint density at radius 2 is 1.67 bits per heavy atom. The molecule has 0 aliphatic heterocycles. The minimum Gasteiger partial charge on any atom is -0.468 e. The van der Waals surface area contributed by atoms with Crippen molar-refractivity contribution < 1.29 is 14.0 Å². The molecule has 1 aliphatic carbocycles. The van der Waals surface area contributed by atoms with Crippen molar-refractivity contribution in [2.45, 2.75) is 63.8 Å². The van der Waals surface area contributed by atoms with Crippen molar-refractivity contribution in [2.24, 2.45) is 0 Å². The highest BCUT2D eigenvalue weighted by atomic mass is 28.4. The summed E-state index contributed by atoms with van der Waals surface area (Å²) < 4.78 is 11.3. The molecule has 0 N–H and O–H groups in total. The van der Waals surface area contributed by atoms with Crippen molar-refractivity contribution >= 4 is 14.3 Å². The summed E-state index contributed by atoms with van der Waals surface area (Å²) in [7, 11) is -0.287. The third-order valence-electron chi connectivity index (χ3n) is 5.59. The fourth-order valence-corrected chi connectivity index (χ4v) is 3.73. The SMILES string of the molecule is COC(=O)C1(c2ccc(CO[Si](C)(C)C(C)(C)C)cc2)CC=CC1. The molecule has 0 unspecified atom stereocenters. The Bertz CT molecular complexity index is 601. The Morgan fingerprint density at radius 3 is 2.12 bits per heavy atom. The largest absolute Gasteiger partial charge is 0.468 e. The van der Waals surface area contributed by atoms with Crippen molar-refractivity contribution in [3.8, 4) is 0 Å². The van der Waals surface area contributed by atoms with E-state index in [1.54, 1.807) is 0 Å². The van der Waals surface area contributed by atoms with Gasteiger partial charge in [0.15, 0.2) is 8.32 Å². The van der Waals surface area contributed by atoms with E-state index in [4.69, 9.17) is 9.16 Å². The topological polar surface area (TPSA) is 35.5 Å². The van der Waals surface area contributed by atoms with Gasteiger partial charge in [0.25, 0.3) is 0 Å². The number of methoxy groups -OCH3 is 1. The van der Waals surface area contributed by atoms with E-state index >= 15 is 0 Å². The molecule has 24 heavy (non-hydrogen) atoms. The highest BCUT2D eigenvalue weighted by molar-refractivity contribution is 6.74. The van der Waals surface area contributed by atoms with Crippen LogP contribution in [0.1, 0.15) is 44.7 Å². The van der Waals surface area contributed by atoms with E-state index < -0.39 is 13.7 Å². The fourth-order valence-electron chi connectivity index (χ4n) is 2.77. The maximum absolute atomic E-state index is 12.3. The van der Waals surface area contributed by atoms with Crippen LogP contribution in [0.3, 0.4) is 0 Å². The molecule has 1 aromatic carbocycles. The fraction of sp³-hybridized carbons (Fsp3) is 0.550. The molecular formula is C20H30O3Si. The van der Waals surface area contributed by atoms with Crippen molar-refractivity contribution in [2.75, 3.05) is 7.11 Å². The monoisotopic (exact) mass is 346 g/mol. The van der Waals surface area contributed by atoms with Gasteiger partial charge < -0.3 is 9.16 Å². The maximum Gasteiger partial charge on any atom is 0.316 e. The number of rotatable bonds is 5. The van der Waals surface area contributed by atoms with Crippen molar-refractivity contribution in [1.82, 2.24) is 0 Å². The molecule has 132 valence electrons. The predicted molar refractivity (Wildman–Crippen MR) is 100 cm³/mol. The molecule has 2 rings (SSSR count). The van der Waals surface area contributed by atoms with Crippen LogP contribution < -0.4 is 0 Å². The second-order valence-corrected chi connectivity index (χ2v) is 13.0. The molecule has 0 saturated carbocycles. The minimum absolute atomic E-state index is 0.155. The molecule has 0 fully saturated rings. The lowest BCUT2D eigenvalue weighted by Crippen LogP contribution is -2.40. The van der Waals surface area contributed by atoms with E-state index in [2.05, 4.69) is 58.2 Å². The van der Waals surface area contributed by atoms with Crippen LogP contribution in [0.4, 0.5) is 0 Å². The lowest BCUT2D eigenvalue weighted by molar-refractivity contribution is -0.147. The van der Waals surface area contributed by atoms with Crippen LogP contribution >= 0.6 is 0 Å². The molecule has 0 spiro atoms. The lowest BCUT2D eigenvalue weighted by Gasteiger charge is -2.36. The third-order valence-corrected chi connectivity index (χ3v) is 10.1. The highest BCUT2D eigenvalue weighted by Gasteiger charge is 2.41. The quantitative estimate of drug-likeness (QED) is 0.429. The van der Waals surface area contributed by atoms with Gasteiger partial charge in [-0.1, -0.05) is 57.2 Å². The number of hydrogen-bond acceptors (Lipinski definition) is 3. The molecule has 0 heterocycles. The first-order valence-corrected chi connectivity index (χ1v) is 11.5. The van der Waals surface area contributed by atoms with E-state index in [0.717, 1.165) is 11.1 Å². The number of ether oxygens (including phenoxy) is 1. The average Bonchev–Trinajstić information content (AvgIpc) is 3.02. The number of benzene rings is 1. The Kier molecular flexibility index (Phi) is 5.40. The number of carbonyl (C=O) groups excluding carboxylic acids is 1. The van der Waals surface area contributed by atoms with Gasteiger partial charge in [-0.15, -0.1) is 0 Å². The van der Waals surface area contributed by atoms with Gasteiger partial charge in [0, 0.05) is 0 Å². The Labute approximate surface area is 147 Å². The summed E-state index contributed by atoms with van der Waals surface area (Å²) in [6.07, 6.45) is 5.54. The summed E-state index contributed by atoms with van der Waals surface area (Å²) in [5, 5.41) is 0.206. The molecule has 0 radical (unpaired) electrons. The molecule has 1 aliphatic rings. The van der Waals surface area contributed by atoms with Crippen LogP contribution in [0.2, 0.25) is 18.1 Å². The maximum atomic E-state index is 12.3. The van der Waals surface area contributed by atoms with Gasteiger partial charge in [0.2, 0.25) is 0 Å². The van der Waals surface area contributed by atoms with Gasteiger partial charge >= 0.3 is 5.97 Å². The molecule has 0 amide bonds. The Balaban J connectivity index is 2.12. The highest BCUT2D eigenvalue weighted by Crippen LogP contribution is 2.39. The number of esters is 1. The van der Waals surface area contributed by atoms with E-state index in [1.807, 2.05) is 12.1 Å². The van der Waals surface area contributed by atoms with Crippen LogP contribution in [0.25, 0.3) is 0 Å². The van der Waals surface area contributed by atoms with Crippen molar-refractivity contribution in [3.05, 3.63) is 47.5 Å². The smallest absolute Gasteiger partial charge is 0.316 e. The predicted octanol–water partition coefficient (Wildman–Crippen LogP) is 4.97. The van der Waals surface area contributed by atoms with Gasteiger partial charge in [0.1, 0.15) is 0 Å². The molecule has 0 bridgehead atoms.